The summed E-state index contributed by atoms with van der Waals surface area (Å²) in [5.74, 6) is 1.17. The van der Waals surface area contributed by atoms with Crippen LogP contribution in [0, 0.1) is 0 Å². The second kappa shape index (κ2) is 6.71. The Bertz CT molecular complexity index is 660. The fourth-order valence-electron chi connectivity index (χ4n) is 2.19. The van der Waals surface area contributed by atoms with Crippen molar-refractivity contribution in [1.82, 2.24) is 4.57 Å². The van der Waals surface area contributed by atoms with Gasteiger partial charge >= 0.3 is 0 Å². The minimum atomic E-state index is 0.127. The van der Waals surface area contributed by atoms with Crippen LogP contribution in [0.3, 0.4) is 0 Å². The Morgan fingerprint density at radius 2 is 2.10 bits per heavy atom. The normalized spacial score (nSPS) is 11.4. The van der Waals surface area contributed by atoms with Gasteiger partial charge in [0.1, 0.15) is 17.3 Å². The summed E-state index contributed by atoms with van der Waals surface area (Å²) in [6, 6.07) is 9.66. The number of ether oxygens (including phenoxy) is 1. The smallest absolute Gasteiger partial charge is 0.146 e. The van der Waals surface area contributed by atoms with E-state index in [1.807, 2.05) is 41.1 Å². The van der Waals surface area contributed by atoms with Crippen molar-refractivity contribution < 1.29 is 4.74 Å². The zero-order chi connectivity index (χ0) is 15.2. The van der Waals surface area contributed by atoms with Crippen molar-refractivity contribution in [3.8, 4) is 5.75 Å². The molecule has 2 aromatic rings. The molecule has 0 saturated heterocycles. The lowest BCUT2D eigenvalue weighted by Crippen LogP contribution is -2.20. The highest BCUT2D eigenvalue weighted by atomic mass is 16.5. The van der Waals surface area contributed by atoms with E-state index >= 15 is 0 Å². The van der Waals surface area contributed by atoms with Gasteiger partial charge in [-0.2, -0.15) is 0 Å². The van der Waals surface area contributed by atoms with Crippen LogP contribution in [0.5, 0.6) is 5.75 Å². The number of nitrogens with zero attached hydrogens (tertiary/aromatic N) is 3. The predicted octanol–water partition coefficient (Wildman–Crippen LogP) is 1.50. The molecule has 0 fully saturated rings. The Labute approximate surface area is 123 Å². The standard InChI is InChI=1S/C15H19N5O/c1-18-12-7-8-20(14(12)15(17)19-10-16)9-11-5-3-4-6-13(11)21-2/h3-8H,1,9-10,16H2,2H3,(H2,17,19). The van der Waals surface area contributed by atoms with Crippen LogP contribution in [0.15, 0.2) is 46.5 Å². The molecule has 4 N–H and O–H groups in total. The summed E-state index contributed by atoms with van der Waals surface area (Å²) in [5.41, 5.74) is 13.8. The van der Waals surface area contributed by atoms with Crippen molar-refractivity contribution in [2.45, 2.75) is 6.54 Å². The van der Waals surface area contributed by atoms with Gasteiger partial charge in [-0.25, -0.2) is 0 Å². The predicted molar refractivity (Wildman–Crippen MR) is 85.5 cm³/mol. The number of aromatic nitrogens is 1. The van der Waals surface area contributed by atoms with Crippen molar-refractivity contribution in [3.63, 3.8) is 0 Å². The van der Waals surface area contributed by atoms with Crippen molar-refractivity contribution in [1.29, 1.82) is 0 Å². The molecule has 0 aliphatic heterocycles. The van der Waals surface area contributed by atoms with Gasteiger partial charge in [0, 0.05) is 11.8 Å². The van der Waals surface area contributed by atoms with E-state index in [0.717, 1.165) is 11.3 Å². The number of hydrogen-bond acceptors (Lipinski definition) is 4. The number of rotatable bonds is 6. The van der Waals surface area contributed by atoms with Crippen molar-refractivity contribution in [2.24, 2.45) is 21.5 Å². The molecule has 6 heteroatoms. The molecule has 1 aromatic carbocycles. The molecule has 0 unspecified atom stereocenters. The molecule has 21 heavy (non-hydrogen) atoms. The number of amidine groups is 1. The van der Waals surface area contributed by atoms with Gasteiger partial charge in [0.15, 0.2) is 0 Å². The van der Waals surface area contributed by atoms with Gasteiger partial charge < -0.3 is 20.8 Å². The summed E-state index contributed by atoms with van der Waals surface area (Å²) in [7, 11) is 1.65. The third-order valence-corrected chi connectivity index (χ3v) is 3.15. The lowest BCUT2D eigenvalue weighted by atomic mass is 10.2. The van der Waals surface area contributed by atoms with Crippen LogP contribution in [0.2, 0.25) is 0 Å². The third-order valence-electron chi connectivity index (χ3n) is 3.15. The fourth-order valence-corrected chi connectivity index (χ4v) is 2.19. The van der Waals surface area contributed by atoms with Gasteiger partial charge in [-0.05, 0) is 18.9 Å². The number of nitrogens with two attached hydrogens (primary N) is 2. The minimum Gasteiger partial charge on any atom is -0.496 e. The summed E-state index contributed by atoms with van der Waals surface area (Å²) in [4.78, 5) is 8.03. The maximum absolute atomic E-state index is 5.98. The van der Waals surface area contributed by atoms with Gasteiger partial charge in [0.25, 0.3) is 0 Å². The molecule has 0 saturated carbocycles. The van der Waals surface area contributed by atoms with Crippen LogP contribution >= 0.6 is 0 Å². The van der Waals surface area contributed by atoms with Crippen molar-refractivity contribution in [2.75, 3.05) is 13.8 Å². The summed E-state index contributed by atoms with van der Waals surface area (Å²) in [6.07, 6.45) is 1.89. The molecule has 1 heterocycles. The van der Waals surface area contributed by atoms with E-state index in [2.05, 4.69) is 16.7 Å². The summed E-state index contributed by atoms with van der Waals surface area (Å²) in [6.45, 7) is 4.28. The molecule has 0 aliphatic rings. The number of para-hydroxylation sites is 1. The number of aliphatic imine (C=N–C) groups is 2. The van der Waals surface area contributed by atoms with E-state index in [0.29, 0.717) is 23.8 Å². The van der Waals surface area contributed by atoms with Gasteiger partial charge in [-0.15, -0.1) is 0 Å². The Balaban J connectivity index is 2.43. The van der Waals surface area contributed by atoms with E-state index in [4.69, 9.17) is 16.2 Å². The largest absolute Gasteiger partial charge is 0.496 e. The van der Waals surface area contributed by atoms with Gasteiger partial charge in [-0.3, -0.25) is 9.98 Å². The van der Waals surface area contributed by atoms with E-state index in [1.165, 1.54) is 0 Å². The Morgan fingerprint density at radius 3 is 2.76 bits per heavy atom. The van der Waals surface area contributed by atoms with Crippen LogP contribution in [0.1, 0.15) is 11.3 Å². The fraction of sp³-hybridized carbons (Fsp3) is 0.200. The lowest BCUT2D eigenvalue weighted by molar-refractivity contribution is 0.408. The molecule has 0 bridgehead atoms. The zero-order valence-electron chi connectivity index (χ0n) is 12.0. The monoisotopic (exact) mass is 285 g/mol. The molecular weight excluding hydrogens is 266 g/mol. The first kappa shape index (κ1) is 14.8. The first-order valence-electron chi connectivity index (χ1n) is 6.49. The third kappa shape index (κ3) is 3.11. The molecule has 0 atom stereocenters. The highest BCUT2D eigenvalue weighted by Crippen LogP contribution is 2.24. The molecule has 1 aromatic heterocycles. The summed E-state index contributed by atoms with van der Waals surface area (Å²) < 4.78 is 7.32. The Kier molecular flexibility index (Phi) is 4.73. The molecule has 0 spiro atoms. The SMILES string of the molecule is C=Nc1ccn(Cc2ccccc2OC)c1/C(N)=N\CN. The molecular formula is C15H19N5O. The Morgan fingerprint density at radius 1 is 1.33 bits per heavy atom. The van der Waals surface area contributed by atoms with E-state index in [1.54, 1.807) is 7.11 Å². The number of hydrogen-bond donors (Lipinski definition) is 2. The van der Waals surface area contributed by atoms with Gasteiger partial charge in [-0.1, -0.05) is 18.2 Å². The van der Waals surface area contributed by atoms with Crippen LogP contribution in [0.4, 0.5) is 5.69 Å². The average Bonchev–Trinajstić information content (AvgIpc) is 2.91. The van der Waals surface area contributed by atoms with E-state index < -0.39 is 0 Å². The maximum Gasteiger partial charge on any atom is 0.146 e. The second-order valence-electron chi connectivity index (χ2n) is 4.37. The van der Waals surface area contributed by atoms with E-state index in [-0.39, 0.29) is 6.67 Å². The molecule has 6 nitrogen and oxygen atoms in total. The van der Waals surface area contributed by atoms with E-state index in [9.17, 15) is 0 Å². The molecule has 110 valence electrons. The summed E-state index contributed by atoms with van der Waals surface area (Å²) in [5, 5.41) is 0. The van der Waals surface area contributed by atoms with Crippen LogP contribution < -0.4 is 16.2 Å². The highest BCUT2D eigenvalue weighted by molar-refractivity contribution is 6.00. The maximum atomic E-state index is 5.98. The molecule has 0 aliphatic carbocycles. The first-order valence-corrected chi connectivity index (χ1v) is 6.49. The van der Waals surface area contributed by atoms with Gasteiger partial charge in [0.2, 0.25) is 0 Å². The molecule has 0 radical (unpaired) electrons. The highest BCUT2D eigenvalue weighted by Gasteiger charge is 2.13. The number of benzene rings is 1. The van der Waals surface area contributed by atoms with Crippen molar-refractivity contribution in [3.05, 3.63) is 47.8 Å². The van der Waals surface area contributed by atoms with Gasteiger partial charge in [0.05, 0.1) is 26.0 Å². The molecule has 2 rings (SSSR count). The Hall–Kier alpha value is -2.60. The average molecular weight is 285 g/mol. The topological polar surface area (TPSA) is 90.9 Å². The van der Waals surface area contributed by atoms with Crippen LogP contribution in [-0.2, 0) is 6.54 Å². The zero-order valence-corrected chi connectivity index (χ0v) is 12.0. The minimum absolute atomic E-state index is 0.127. The molecule has 0 amide bonds. The second-order valence-corrected chi connectivity index (χ2v) is 4.37. The number of methoxy groups -OCH3 is 1. The van der Waals surface area contributed by atoms with Crippen molar-refractivity contribution >= 4 is 18.2 Å². The quantitative estimate of drug-likeness (QED) is 0.622. The summed E-state index contributed by atoms with van der Waals surface area (Å²) >= 11 is 0. The first-order chi connectivity index (χ1) is 10.2. The lowest BCUT2D eigenvalue weighted by Gasteiger charge is -2.12. The van der Waals surface area contributed by atoms with Crippen LogP contribution in [-0.4, -0.2) is 30.9 Å². The van der Waals surface area contributed by atoms with Crippen LogP contribution in [0.25, 0.3) is 0 Å².